The fourth-order valence-corrected chi connectivity index (χ4v) is 1.04. The highest BCUT2D eigenvalue weighted by Gasteiger charge is 2.06. The van der Waals surface area contributed by atoms with E-state index in [9.17, 15) is 0 Å². The molecule has 0 spiro atoms. The molecule has 0 aromatic heterocycles. The van der Waals surface area contributed by atoms with Gasteiger partial charge in [0.25, 0.3) is 0 Å². The Balaban J connectivity index is 3.26. The van der Waals surface area contributed by atoms with E-state index in [1.165, 1.54) is 0 Å². The molecule has 0 unspecified atom stereocenters. The second-order valence-corrected chi connectivity index (χ2v) is 2.48. The molecule has 0 bridgehead atoms. The molecule has 0 aliphatic heterocycles. The molecular weight excluding hydrogens is 176 g/mol. The highest BCUT2D eigenvalue weighted by atomic mass is 15.2. The molecule has 0 radical (unpaired) electrons. The zero-order valence-electron chi connectivity index (χ0n) is 7.36. The van der Waals surface area contributed by atoms with Gasteiger partial charge in [0, 0.05) is 5.56 Å². The van der Waals surface area contributed by atoms with Crippen LogP contribution in [0.1, 0.15) is 5.56 Å². The number of hydrogen-bond acceptors (Lipinski definition) is 4. The van der Waals surface area contributed by atoms with E-state index >= 15 is 0 Å². The van der Waals surface area contributed by atoms with E-state index < -0.39 is 0 Å². The largest absolute Gasteiger partial charge is 0.322 e. The number of nitriles is 2. The van der Waals surface area contributed by atoms with E-state index in [1.54, 1.807) is 36.4 Å². The number of hydrogen-bond donors (Lipinski definition) is 2. The van der Waals surface area contributed by atoms with Crippen molar-refractivity contribution in [1.29, 1.82) is 10.5 Å². The summed E-state index contributed by atoms with van der Waals surface area (Å²) in [6, 6.07) is 12.5. The van der Waals surface area contributed by atoms with Crippen LogP contribution < -0.4 is 11.3 Å². The molecule has 3 N–H and O–H groups in total. The van der Waals surface area contributed by atoms with Gasteiger partial charge in [0.2, 0.25) is 0 Å². The van der Waals surface area contributed by atoms with Crippen LogP contribution in [0.15, 0.2) is 35.9 Å². The summed E-state index contributed by atoms with van der Waals surface area (Å²) in [4.78, 5) is 0. The first-order valence-corrected chi connectivity index (χ1v) is 3.90. The topological polar surface area (TPSA) is 85.6 Å². The van der Waals surface area contributed by atoms with Crippen molar-refractivity contribution < 1.29 is 0 Å². The molecular formula is C10H8N4. The Hall–Kier alpha value is -2.30. The van der Waals surface area contributed by atoms with E-state index in [1.807, 2.05) is 6.07 Å². The van der Waals surface area contributed by atoms with Crippen LogP contribution >= 0.6 is 0 Å². The summed E-state index contributed by atoms with van der Waals surface area (Å²) in [5.74, 6) is 5.25. The van der Waals surface area contributed by atoms with Gasteiger partial charge < -0.3 is 5.43 Å². The summed E-state index contributed by atoms with van der Waals surface area (Å²) in [6.07, 6.45) is 0. The first kappa shape index (κ1) is 9.79. The maximum absolute atomic E-state index is 8.66. The number of nitrogens with one attached hydrogen (secondary N) is 1. The summed E-state index contributed by atoms with van der Waals surface area (Å²) >= 11 is 0. The standard InChI is InChI=1S/C10H8N4/c11-6-9(7-12)10(14-13)8-4-2-1-3-5-8/h1-5,14H,13H2. The average molecular weight is 184 g/mol. The molecule has 1 rings (SSSR count). The van der Waals surface area contributed by atoms with Crippen LogP contribution in [-0.4, -0.2) is 0 Å². The van der Waals surface area contributed by atoms with Crippen LogP contribution in [0.2, 0.25) is 0 Å². The molecule has 68 valence electrons. The molecule has 0 heterocycles. The number of nitrogens with two attached hydrogens (primary N) is 1. The van der Waals surface area contributed by atoms with E-state index in [0.29, 0.717) is 11.3 Å². The highest BCUT2D eigenvalue weighted by Crippen LogP contribution is 2.13. The van der Waals surface area contributed by atoms with Crippen molar-refractivity contribution in [3.8, 4) is 12.1 Å². The minimum atomic E-state index is -0.0290. The Morgan fingerprint density at radius 2 is 1.71 bits per heavy atom. The smallest absolute Gasteiger partial charge is 0.154 e. The Morgan fingerprint density at radius 1 is 1.14 bits per heavy atom. The van der Waals surface area contributed by atoms with Crippen LogP contribution in [0.5, 0.6) is 0 Å². The van der Waals surface area contributed by atoms with Crippen LogP contribution in [0.4, 0.5) is 0 Å². The maximum atomic E-state index is 8.66. The third-order valence-corrected chi connectivity index (χ3v) is 1.68. The SMILES string of the molecule is N#CC(C#N)=C(NN)c1ccccc1. The van der Waals surface area contributed by atoms with Gasteiger partial charge in [0.15, 0.2) is 5.57 Å². The summed E-state index contributed by atoms with van der Waals surface area (Å²) in [6.45, 7) is 0. The minimum absolute atomic E-state index is 0.0290. The van der Waals surface area contributed by atoms with E-state index in [2.05, 4.69) is 5.43 Å². The molecule has 0 saturated heterocycles. The van der Waals surface area contributed by atoms with Gasteiger partial charge in [-0.1, -0.05) is 30.3 Å². The lowest BCUT2D eigenvalue weighted by molar-refractivity contribution is 0.987. The molecule has 0 aliphatic carbocycles. The molecule has 1 aromatic rings. The van der Waals surface area contributed by atoms with Gasteiger partial charge in [-0.05, 0) is 0 Å². The monoisotopic (exact) mass is 184 g/mol. The normalized spacial score (nSPS) is 8.21. The van der Waals surface area contributed by atoms with Crippen LogP contribution in [-0.2, 0) is 0 Å². The van der Waals surface area contributed by atoms with Crippen molar-refractivity contribution in [3.63, 3.8) is 0 Å². The molecule has 0 aliphatic rings. The Kier molecular flexibility index (Phi) is 3.26. The molecule has 1 aromatic carbocycles. The highest BCUT2D eigenvalue weighted by molar-refractivity contribution is 5.73. The van der Waals surface area contributed by atoms with E-state index in [-0.39, 0.29) is 5.57 Å². The van der Waals surface area contributed by atoms with Gasteiger partial charge >= 0.3 is 0 Å². The van der Waals surface area contributed by atoms with Crippen molar-refractivity contribution in [2.45, 2.75) is 0 Å². The van der Waals surface area contributed by atoms with Crippen molar-refractivity contribution in [2.75, 3.05) is 0 Å². The Labute approximate surface area is 81.8 Å². The van der Waals surface area contributed by atoms with Gasteiger partial charge in [-0.15, -0.1) is 0 Å². The van der Waals surface area contributed by atoms with Crippen LogP contribution in [0.25, 0.3) is 5.70 Å². The van der Waals surface area contributed by atoms with Gasteiger partial charge in [-0.2, -0.15) is 10.5 Å². The van der Waals surface area contributed by atoms with Crippen molar-refractivity contribution in [3.05, 3.63) is 41.5 Å². The third-order valence-electron chi connectivity index (χ3n) is 1.68. The molecule has 0 amide bonds. The van der Waals surface area contributed by atoms with Gasteiger partial charge in [0.1, 0.15) is 12.1 Å². The van der Waals surface area contributed by atoms with Crippen molar-refractivity contribution >= 4 is 5.70 Å². The zero-order chi connectivity index (χ0) is 10.4. The van der Waals surface area contributed by atoms with Gasteiger partial charge in [-0.25, -0.2) is 0 Å². The molecule has 4 nitrogen and oxygen atoms in total. The fraction of sp³-hybridized carbons (Fsp3) is 0. The van der Waals surface area contributed by atoms with Crippen molar-refractivity contribution in [2.24, 2.45) is 5.84 Å². The first-order valence-electron chi connectivity index (χ1n) is 3.90. The predicted molar refractivity (Wildman–Crippen MR) is 51.9 cm³/mol. The first-order chi connectivity index (χ1) is 6.83. The number of hydrazine groups is 1. The molecule has 14 heavy (non-hydrogen) atoms. The molecule has 0 atom stereocenters. The molecule has 4 heteroatoms. The lowest BCUT2D eigenvalue weighted by Gasteiger charge is -2.05. The molecule has 0 saturated carbocycles. The predicted octanol–water partition coefficient (Wildman–Crippen LogP) is 0.908. The van der Waals surface area contributed by atoms with E-state index in [4.69, 9.17) is 16.4 Å². The number of rotatable bonds is 2. The Bertz CT molecular complexity index is 404. The maximum Gasteiger partial charge on any atom is 0.154 e. The van der Waals surface area contributed by atoms with Crippen LogP contribution in [0, 0.1) is 22.7 Å². The number of benzene rings is 1. The van der Waals surface area contributed by atoms with Gasteiger partial charge in [-0.3, -0.25) is 5.84 Å². The van der Waals surface area contributed by atoms with E-state index in [0.717, 1.165) is 0 Å². The molecule has 0 fully saturated rings. The lowest BCUT2D eigenvalue weighted by atomic mass is 10.1. The van der Waals surface area contributed by atoms with Gasteiger partial charge in [0.05, 0.1) is 5.70 Å². The second-order valence-electron chi connectivity index (χ2n) is 2.48. The lowest BCUT2D eigenvalue weighted by Crippen LogP contribution is -2.21. The zero-order valence-corrected chi connectivity index (χ0v) is 7.36. The van der Waals surface area contributed by atoms with Crippen LogP contribution in [0.3, 0.4) is 0 Å². The van der Waals surface area contributed by atoms with Crippen molar-refractivity contribution in [1.82, 2.24) is 5.43 Å². The minimum Gasteiger partial charge on any atom is -0.322 e. The Morgan fingerprint density at radius 3 is 2.14 bits per heavy atom. The summed E-state index contributed by atoms with van der Waals surface area (Å²) in [7, 11) is 0. The number of nitrogens with zero attached hydrogens (tertiary/aromatic N) is 2. The summed E-state index contributed by atoms with van der Waals surface area (Å²) in [5, 5.41) is 17.3. The fourth-order valence-electron chi connectivity index (χ4n) is 1.04. The third kappa shape index (κ3) is 1.89. The quantitative estimate of drug-likeness (QED) is 0.406. The average Bonchev–Trinajstić information content (AvgIpc) is 2.27. The number of allylic oxidation sites excluding steroid dienone is 1. The summed E-state index contributed by atoms with van der Waals surface area (Å²) < 4.78 is 0. The second kappa shape index (κ2) is 4.66. The summed E-state index contributed by atoms with van der Waals surface area (Å²) in [5.41, 5.74) is 3.38.